The number of benzene rings is 2. The van der Waals surface area contributed by atoms with Gasteiger partial charge in [-0.3, -0.25) is 0 Å². The van der Waals surface area contributed by atoms with Crippen molar-refractivity contribution in [2.24, 2.45) is 0 Å². The molecule has 2 rings (SSSR count). The molecule has 0 bridgehead atoms. The van der Waals surface area contributed by atoms with E-state index >= 15 is 0 Å². The summed E-state index contributed by atoms with van der Waals surface area (Å²) in [6.07, 6.45) is 0.536. The summed E-state index contributed by atoms with van der Waals surface area (Å²) < 4.78 is 39.2. The van der Waals surface area contributed by atoms with Crippen molar-refractivity contribution < 1.29 is 17.9 Å². The first-order chi connectivity index (χ1) is 12.6. The van der Waals surface area contributed by atoms with Crippen LogP contribution in [0.4, 0.5) is 0 Å². The molecule has 0 aromatic heterocycles. The van der Waals surface area contributed by atoms with Crippen LogP contribution in [0.15, 0.2) is 23.1 Å². The Balaban J connectivity index is 2.24. The van der Waals surface area contributed by atoms with E-state index in [1.165, 1.54) is 0 Å². The van der Waals surface area contributed by atoms with Gasteiger partial charge in [-0.25, -0.2) is 13.1 Å². The number of sulfonamides is 1. The number of nitrogens with one attached hydrogen (secondary N) is 1. The summed E-state index contributed by atoms with van der Waals surface area (Å²) in [5.41, 5.74) is 5.76. The molecule has 2 aromatic rings. The highest BCUT2D eigenvalue weighted by Crippen LogP contribution is 2.29. The van der Waals surface area contributed by atoms with Gasteiger partial charge in [-0.2, -0.15) is 0 Å². The Kier molecular flexibility index (Phi) is 6.54. The summed E-state index contributed by atoms with van der Waals surface area (Å²) in [6.45, 7) is 10.0. The molecule has 0 spiro atoms. The van der Waals surface area contributed by atoms with Crippen molar-refractivity contribution in [1.29, 1.82) is 0 Å². The standard InChI is InChI=1S/C21H29NO4S/c1-13-14(2)16(4)21(17(5)15(13)3)27(23,24)22-9-8-18-10-19(25-6)12-20(11-18)26-7/h10-12,22H,8-9H2,1-7H3. The van der Waals surface area contributed by atoms with E-state index in [1.807, 2.05) is 46.8 Å². The quantitative estimate of drug-likeness (QED) is 0.780. The van der Waals surface area contributed by atoms with E-state index in [-0.39, 0.29) is 0 Å². The highest BCUT2D eigenvalue weighted by Gasteiger charge is 2.23. The van der Waals surface area contributed by atoms with E-state index < -0.39 is 10.0 Å². The lowest BCUT2D eigenvalue weighted by Gasteiger charge is -2.19. The number of rotatable bonds is 7. The van der Waals surface area contributed by atoms with Crippen LogP contribution in [0.2, 0.25) is 0 Å². The molecule has 5 nitrogen and oxygen atoms in total. The van der Waals surface area contributed by atoms with Gasteiger partial charge in [0.15, 0.2) is 0 Å². The molecule has 0 heterocycles. The molecule has 148 valence electrons. The molecule has 27 heavy (non-hydrogen) atoms. The third-order valence-electron chi connectivity index (χ3n) is 5.32. The van der Waals surface area contributed by atoms with E-state index in [0.29, 0.717) is 29.4 Å². The predicted octanol–water partition coefficient (Wildman–Crippen LogP) is 3.77. The van der Waals surface area contributed by atoms with Gasteiger partial charge in [-0.15, -0.1) is 0 Å². The van der Waals surface area contributed by atoms with E-state index in [0.717, 1.165) is 33.4 Å². The molecule has 0 saturated heterocycles. The monoisotopic (exact) mass is 391 g/mol. The number of hydrogen-bond donors (Lipinski definition) is 1. The summed E-state index contributed by atoms with van der Waals surface area (Å²) in [5.74, 6) is 1.37. The molecule has 0 radical (unpaired) electrons. The molecule has 0 aliphatic rings. The molecular weight excluding hydrogens is 362 g/mol. The van der Waals surface area contributed by atoms with Gasteiger partial charge in [0.1, 0.15) is 11.5 Å². The van der Waals surface area contributed by atoms with Crippen LogP contribution in [-0.4, -0.2) is 29.2 Å². The fourth-order valence-electron chi connectivity index (χ4n) is 3.28. The first kappa shape index (κ1) is 21.3. The molecule has 1 N–H and O–H groups in total. The Morgan fingerprint density at radius 3 is 1.67 bits per heavy atom. The Morgan fingerprint density at radius 2 is 1.22 bits per heavy atom. The average molecular weight is 392 g/mol. The van der Waals surface area contributed by atoms with Crippen molar-refractivity contribution in [2.45, 2.75) is 45.9 Å². The Hall–Kier alpha value is -2.05. The Morgan fingerprint density at radius 1 is 0.778 bits per heavy atom. The van der Waals surface area contributed by atoms with Crippen molar-refractivity contribution in [3.05, 3.63) is 51.6 Å². The minimum Gasteiger partial charge on any atom is -0.497 e. The minimum absolute atomic E-state index is 0.295. The Bertz CT molecular complexity index is 898. The maximum Gasteiger partial charge on any atom is 0.241 e. The van der Waals surface area contributed by atoms with Crippen LogP contribution in [0.1, 0.15) is 33.4 Å². The lowest BCUT2D eigenvalue weighted by atomic mass is 9.95. The molecule has 0 aliphatic heterocycles. The highest BCUT2D eigenvalue weighted by molar-refractivity contribution is 7.89. The van der Waals surface area contributed by atoms with Gasteiger partial charge in [0.2, 0.25) is 10.0 Å². The molecule has 0 atom stereocenters. The SMILES string of the molecule is COc1cc(CCNS(=O)(=O)c2c(C)c(C)c(C)c(C)c2C)cc(OC)c1. The van der Waals surface area contributed by atoms with Gasteiger partial charge in [0.05, 0.1) is 19.1 Å². The molecular formula is C21H29NO4S. The van der Waals surface area contributed by atoms with Crippen LogP contribution in [-0.2, 0) is 16.4 Å². The van der Waals surface area contributed by atoms with Gasteiger partial charge >= 0.3 is 0 Å². The van der Waals surface area contributed by atoms with E-state index in [9.17, 15) is 8.42 Å². The summed E-state index contributed by atoms with van der Waals surface area (Å²) in [5, 5.41) is 0. The van der Waals surface area contributed by atoms with Crippen molar-refractivity contribution in [2.75, 3.05) is 20.8 Å². The topological polar surface area (TPSA) is 64.6 Å². The van der Waals surface area contributed by atoms with Crippen molar-refractivity contribution in [3.63, 3.8) is 0 Å². The molecule has 0 unspecified atom stereocenters. The minimum atomic E-state index is -3.60. The van der Waals surface area contributed by atoms with Crippen LogP contribution in [0.25, 0.3) is 0 Å². The van der Waals surface area contributed by atoms with E-state index in [2.05, 4.69) is 4.72 Å². The van der Waals surface area contributed by atoms with Crippen molar-refractivity contribution in [1.82, 2.24) is 4.72 Å². The predicted molar refractivity (Wildman–Crippen MR) is 109 cm³/mol. The zero-order valence-corrected chi connectivity index (χ0v) is 18.0. The van der Waals surface area contributed by atoms with Crippen LogP contribution in [0.3, 0.4) is 0 Å². The number of hydrogen-bond acceptors (Lipinski definition) is 4. The van der Waals surface area contributed by atoms with Gasteiger partial charge in [-0.1, -0.05) is 0 Å². The highest BCUT2D eigenvalue weighted by atomic mass is 32.2. The molecule has 0 amide bonds. The molecule has 0 fully saturated rings. The molecule has 2 aromatic carbocycles. The fourth-order valence-corrected chi connectivity index (χ4v) is 4.91. The molecule has 0 saturated carbocycles. The summed E-state index contributed by atoms with van der Waals surface area (Å²) in [6, 6.07) is 5.55. The van der Waals surface area contributed by atoms with Crippen molar-refractivity contribution >= 4 is 10.0 Å². The summed E-state index contributed by atoms with van der Waals surface area (Å²) in [4.78, 5) is 0.395. The van der Waals surface area contributed by atoms with Gasteiger partial charge in [-0.05, 0) is 86.6 Å². The summed E-state index contributed by atoms with van der Waals surface area (Å²) in [7, 11) is -0.413. The Labute approximate surface area is 162 Å². The maximum atomic E-state index is 13.0. The van der Waals surface area contributed by atoms with Gasteiger partial charge in [0.25, 0.3) is 0 Å². The normalized spacial score (nSPS) is 11.5. The van der Waals surface area contributed by atoms with Crippen LogP contribution in [0, 0.1) is 34.6 Å². The first-order valence-corrected chi connectivity index (χ1v) is 10.4. The number of ether oxygens (including phenoxy) is 2. The van der Waals surface area contributed by atoms with Crippen LogP contribution < -0.4 is 14.2 Å². The van der Waals surface area contributed by atoms with Crippen LogP contribution >= 0.6 is 0 Å². The largest absolute Gasteiger partial charge is 0.497 e. The lowest BCUT2D eigenvalue weighted by molar-refractivity contribution is 0.393. The molecule has 6 heteroatoms. The maximum absolute atomic E-state index is 13.0. The van der Waals surface area contributed by atoms with E-state index in [1.54, 1.807) is 20.3 Å². The van der Waals surface area contributed by atoms with Gasteiger partial charge < -0.3 is 9.47 Å². The summed E-state index contributed by atoms with van der Waals surface area (Å²) >= 11 is 0. The van der Waals surface area contributed by atoms with Crippen LogP contribution in [0.5, 0.6) is 11.5 Å². The second kappa shape index (κ2) is 8.31. The number of methoxy groups -OCH3 is 2. The first-order valence-electron chi connectivity index (χ1n) is 8.91. The lowest BCUT2D eigenvalue weighted by Crippen LogP contribution is -2.28. The zero-order chi connectivity index (χ0) is 20.4. The smallest absolute Gasteiger partial charge is 0.241 e. The fraction of sp³-hybridized carbons (Fsp3) is 0.429. The van der Waals surface area contributed by atoms with Gasteiger partial charge in [0, 0.05) is 12.6 Å². The zero-order valence-electron chi connectivity index (χ0n) is 17.2. The molecule has 0 aliphatic carbocycles. The van der Waals surface area contributed by atoms with E-state index in [4.69, 9.17) is 9.47 Å². The third kappa shape index (κ3) is 4.45. The second-order valence-corrected chi connectivity index (χ2v) is 8.53. The van der Waals surface area contributed by atoms with Crippen molar-refractivity contribution in [3.8, 4) is 11.5 Å². The second-order valence-electron chi connectivity index (χ2n) is 6.82. The average Bonchev–Trinajstić information content (AvgIpc) is 2.64. The third-order valence-corrected chi connectivity index (χ3v) is 7.05.